The molecule has 0 saturated carbocycles. The monoisotopic (exact) mass is 288 g/mol. The Morgan fingerprint density at radius 2 is 2.38 bits per heavy atom. The number of nitrogens with one attached hydrogen (secondary N) is 1. The average molecular weight is 288 g/mol. The molecule has 1 heterocycles. The third-order valence-corrected chi connectivity index (χ3v) is 3.82. The van der Waals surface area contributed by atoms with E-state index in [1.165, 1.54) is 18.9 Å². The lowest BCUT2D eigenvalue weighted by molar-refractivity contribution is -0.385. The number of hydrogen-bond acceptors (Lipinski definition) is 5. The topological polar surface area (TPSA) is 82.2 Å². The van der Waals surface area contributed by atoms with Crippen LogP contribution >= 0.6 is 0 Å². The number of nitro groups is 1. The maximum Gasteiger partial charge on any atom is 0.287 e. The number of nitrogens with zero attached hydrogens (tertiary/aromatic N) is 3. The molecule has 6 heteroatoms. The smallest absolute Gasteiger partial charge is 0.287 e. The Morgan fingerprint density at radius 3 is 3.05 bits per heavy atom. The van der Waals surface area contributed by atoms with Crippen molar-refractivity contribution in [1.82, 2.24) is 4.90 Å². The van der Waals surface area contributed by atoms with Gasteiger partial charge in [0.2, 0.25) is 0 Å². The number of hydrogen-bond donors (Lipinski definition) is 1. The quantitative estimate of drug-likeness (QED) is 0.642. The summed E-state index contributed by atoms with van der Waals surface area (Å²) in [4.78, 5) is 12.7. The van der Waals surface area contributed by atoms with E-state index in [2.05, 4.69) is 17.1 Å². The van der Waals surface area contributed by atoms with E-state index in [1.807, 2.05) is 6.07 Å². The highest BCUT2D eigenvalue weighted by atomic mass is 16.6. The Morgan fingerprint density at radius 1 is 1.57 bits per heavy atom. The summed E-state index contributed by atoms with van der Waals surface area (Å²) in [5.74, 6) is 0.595. The van der Waals surface area contributed by atoms with Gasteiger partial charge in [-0.2, -0.15) is 5.26 Å². The molecule has 0 aromatic heterocycles. The summed E-state index contributed by atoms with van der Waals surface area (Å²) in [5.41, 5.74) is 0.730. The van der Waals surface area contributed by atoms with Crippen LogP contribution in [-0.2, 0) is 0 Å². The molecule has 1 aliphatic rings. The van der Waals surface area contributed by atoms with Crippen LogP contribution < -0.4 is 5.32 Å². The number of nitro benzene ring substituents is 1. The molecule has 0 amide bonds. The minimum atomic E-state index is -0.526. The first-order valence-electron chi connectivity index (χ1n) is 7.28. The van der Waals surface area contributed by atoms with Gasteiger partial charge in [0.05, 0.1) is 4.92 Å². The van der Waals surface area contributed by atoms with Crippen LogP contribution in [0.2, 0.25) is 0 Å². The number of likely N-dealkylation sites (tertiary alicyclic amines) is 1. The fourth-order valence-corrected chi connectivity index (χ4v) is 2.76. The van der Waals surface area contributed by atoms with Gasteiger partial charge in [0.15, 0.2) is 0 Å². The molecule has 0 aliphatic carbocycles. The third kappa shape index (κ3) is 3.92. The van der Waals surface area contributed by atoms with Crippen molar-refractivity contribution < 1.29 is 4.92 Å². The molecule has 112 valence electrons. The van der Waals surface area contributed by atoms with Gasteiger partial charge in [-0.1, -0.05) is 6.92 Å². The van der Waals surface area contributed by atoms with Crippen LogP contribution in [0.3, 0.4) is 0 Å². The first kappa shape index (κ1) is 15.3. The first-order chi connectivity index (χ1) is 10.1. The summed E-state index contributed by atoms with van der Waals surface area (Å²) < 4.78 is 0. The lowest BCUT2D eigenvalue weighted by atomic mass is 10.1. The van der Waals surface area contributed by atoms with E-state index < -0.39 is 4.92 Å². The molecule has 1 fully saturated rings. The highest BCUT2D eigenvalue weighted by Gasteiger charge is 2.21. The Balaban J connectivity index is 1.92. The molecule has 0 radical (unpaired) electrons. The molecule has 0 spiro atoms. The SMILES string of the molecule is CCCN1CC[C@H](CNc2ccc([N+](=O)[O-])c(C#N)c2)C1. The zero-order valence-electron chi connectivity index (χ0n) is 12.2. The Bertz CT molecular complexity index is 553. The lowest BCUT2D eigenvalue weighted by Gasteiger charge is -2.15. The third-order valence-electron chi connectivity index (χ3n) is 3.82. The molecule has 1 aromatic carbocycles. The van der Waals surface area contributed by atoms with Crippen molar-refractivity contribution in [3.63, 3.8) is 0 Å². The molecule has 1 saturated heterocycles. The zero-order valence-corrected chi connectivity index (χ0v) is 12.2. The molecule has 1 aliphatic heterocycles. The second-order valence-electron chi connectivity index (χ2n) is 5.44. The van der Waals surface area contributed by atoms with Gasteiger partial charge in [-0.05, 0) is 44.0 Å². The van der Waals surface area contributed by atoms with E-state index >= 15 is 0 Å². The highest BCUT2D eigenvalue weighted by Crippen LogP contribution is 2.23. The second kappa shape index (κ2) is 7.04. The predicted octanol–water partition coefficient (Wildman–Crippen LogP) is 2.61. The van der Waals surface area contributed by atoms with Gasteiger partial charge in [0.1, 0.15) is 11.6 Å². The number of anilines is 1. The van der Waals surface area contributed by atoms with E-state index in [0.717, 1.165) is 31.9 Å². The van der Waals surface area contributed by atoms with Crippen LogP contribution in [0.4, 0.5) is 11.4 Å². The summed E-state index contributed by atoms with van der Waals surface area (Å²) in [7, 11) is 0. The maximum absolute atomic E-state index is 10.8. The van der Waals surface area contributed by atoms with Crippen LogP contribution in [0.15, 0.2) is 18.2 Å². The van der Waals surface area contributed by atoms with E-state index in [9.17, 15) is 10.1 Å². The Kier molecular flexibility index (Phi) is 5.12. The van der Waals surface area contributed by atoms with Crippen molar-refractivity contribution in [1.29, 1.82) is 5.26 Å². The predicted molar refractivity (Wildman–Crippen MR) is 81.1 cm³/mol. The van der Waals surface area contributed by atoms with Crippen LogP contribution in [0.1, 0.15) is 25.3 Å². The van der Waals surface area contributed by atoms with Crippen LogP contribution in [0, 0.1) is 27.4 Å². The average Bonchev–Trinajstić information content (AvgIpc) is 2.92. The van der Waals surface area contributed by atoms with Gasteiger partial charge in [-0.15, -0.1) is 0 Å². The molecule has 1 atom stereocenters. The summed E-state index contributed by atoms with van der Waals surface area (Å²) in [6.07, 6.45) is 2.35. The molecule has 0 unspecified atom stereocenters. The largest absolute Gasteiger partial charge is 0.385 e. The van der Waals surface area contributed by atoms with Crippen molar-refractivity contribution in [3.05, 3.63) is 33.9 Å². The van der Waals surface area contributed by atoms with Crippen LogP contribution in [0.5, 0.6) is 0 Å². The molecule has 0 bridgehead atoms. The Labute approximate surface area is 124 Å². The van der Waals surface area contributed by atoms with E-state index in [1.54, 1.807) is 12.1 Å². The Hall–Kier alpha value is -2.13. The molecular formula is C15H20N4O2. The standard InChI is InChI=1S/C15H20N4O2/c1-2-6-18-7-5-12(11-18)10-17-14-3-4-15(19(20)21)13(8-14)9-16/h3-4,8,12,17H,2,5-7,10-11H2,1H3/t12-/m1/s1. The molecular weight excluding hydrogens is 268 g/mol. The van der Waals surface area contributed by atoms with Crippen molar-refractivity contribution >= 4 is 11.4 Å². The van der Waals surface area contributed by atoms with Gasteiger partial charge in [-0.25, -0.2) is 0 Å². The van der Waals surface area contributed by atoms with E-state index in [-0.39, 0.29) is 11.3 Å². The molecule has 21 heavy (non-hydrogen) atoms. The maximum atomic E-state index is 10.8. The van der Waals surface area contributed by atoms with Crippen molar-refractivity contribution in [2.75, 3.05) is 31.5 Å². The molecule has 6 nitrogen and oxygen atoms in total. The fraction of sp³-hybridized carbons (Fsp3) is 0.533. The summed E-state index contributed by atoms with van der Waals surface area (Å²) in [6, 6.07) is 6.48. The fourth-order valence-electron chi connectivity index (χ4n) is 2.76. The lowest BCUT2D eigenvalue weighted by Crippen LogP contribution is -2.23. The highest BCUT2D eigenvalue weighted by molar-refractivity contribution is 5.58. The number of rotatable bonds is 6. The molecule has 1 N–H and O–H groups in total. The summed E-state index contributed by atoms with van der Waals surface area (Å²) >= 11 is 0. The van der Waals surface area contributed by atoms with Crippen molar-refractivity contribution in [2.45, 2.75) is 19.8 Å². The first-order valence-corrected chi connectivity index (χ1v) is 7.28. The number of nitriles is 1. The van der Waals surface area contributed by atoms with Gasteiger partial charge >= 0.3 is 0 Å². The second-order valence-corrected chi connectivity index (χ2v) is 5.44. The van der Waals surface area contributed by atoms with Crippen molar-refractivity contribution in [2.24, 2.45) is 5.92 Å². The number of benzene rings is 1. The van der Waals surface area contributed by atoms with E-state index in [4.69, 9.17) is 5.26 Å². The van der Waals surface area contributed by atoms with Crippen molar-refractivity contribution in [3.8, 4) is 6.07 Å². The normalized spacial score (nSPS) is 18.4. The van der Waals surface area contributed by atoms with Crippen LogP contribution in [-0.4, -0.2) is 36.0 Å². The summed E-state index contributed by atoms with van der Waals surface area (Å²) in [5, 5.41) is 23.1. The van der Waals surface area contributed by atoms with Crippen LogP contribution in [0.25, 0.3) is 0 Å². The molecule has 2 rings (SSSR count). The van der Waals surface area contributed by atoms with Gasteiger partial charge < -0.3 is 10.2 Å². The van der Waals surface area contributed by atoms with Gasteiger partial charge in [0, 0.05) is 24.8 Å². The minimum absolute atomic E-state index is 0.101. The van der Waals surface area contributed by atoms with E-state index in [0.29, 0.717) is 5.92 Å². The van der Waals surface area contributed by atoms with Gasteiger partial charge in [-0.3, -0.25) is 10.1 Å². The zero-order chi connectivity index (χ0) is 15.2. The molecule has 1 aromatic rings. The summed E-state index contributed by atoms with van der Waals surface area (Å²) in [6.45, 7) is 6.41. The minimum Gasteiger partial charge on any atom is -0.385 e. The van der Waals surface area contributed by atoms with Gasteiger partial charge in [0.25, 0.3) is 5.69 Å².